The van der Waals surface area contributed by atoms with Crippen molar-refractivity contribution < 1.29 is 9.18 Å². The number of anilines is 2. The van der Waals surface area contributed by atoms with E-state index in [0.717, 1.165) is 60.9 Å². The molecular weight excluding hydrogens is 441 g/mol. The molecule has 7 heteroatoms. The summed E-state index contributed by atoms with van der Waals surface area (Å²) in [6, 6.07) is 15.5. The molecule has 2 fully saturated rings. The van der Waals surface area contributed by atoms with Crippen molar-refractivity contribution in [2.45, 2.75) is 19.3 Å². The van der Waals surface area contributed by atoms with Crippen LogP contribution >= 0.6 is 0 Å². The fourth-order valence-corrected chi connectivity index (χ4v) is 5.24. The first-order valence-electron chi connectivity index (χ1n) is 12.5. The fourth-order valence-electron chi connectivity index (χ4n) is 5.24. The van der Waals surface area contributed by atoms with E-state index in [1.54, 1.807) is 12.1 Å². The number of benzene rings is 2. The van der Waals surface area contributed by atoms with Gasteiger partial charge in [-0.3, -0.25) is 9.69 Å². The number of fused-ring (bicyclic) bond motifs is 1. The summed E-state index contributed by atoms with van der Waals surface area (Å²) in [5.41, 5.74) is 11.6. The molecule has 3 aliphatic rings. The van der Waals surface area contributed by atoms with E-state index in [2.05, 4.69) is 32.2 Å². The SMILES string of the molecule is Nc1nc(F)c(-c2ccc(N3CCN(CC4CC4)CC3)cc2)cc1-c1ccc2c(c1)CCNC2=O. The maximum absolute atomic E-state index is 14.9. The van der Waals surface area contributed by atoms with Gasteiger partial charge in [0.25, 0.3) is 5.91 Å². The Morgan fingerprint density at radius 1 is 0.943 bits per heavy atom. The highest BCUT2D eigenvalue weighted by Crippen LogP contribution is 2.34. The van der Waals surface area contributed by atoms with Gasteiger partial charge in [0.1, 0.15) is 5.82 Å². The van der Waals surface area contributed by atoms with E-state index in [9.17, 15) is 9.18 Å². The Bertz CT molecular complexity index is 1260. The third-order valence-electron chi connectivity index (χ3n) is 7.48. The Balaban J connectivity index is 1.23. The van der Waals surface area contributed by atoms with Crippen LogP contribution in [0.1, 0.15) is 28.8 Å². The number of nitrogen functional groups attached to an aromatic ring is 1. The van der Waals surface area contributed by atoms with Crippen molar-refractivity contribution in [1.29, 1.82) is 0 Å². The second-order valence-corrected chi connectivity index (χ2v) is 9.92. The van der Waals surface area contributed by atoms with Crippen molar-refractivity contribution in [2.24, 2.45) is 5.92 Å². The molecular formula is C28H30FN5O. The van der Waals surface area contributed by atoms with Crippen LogP contribution in [0.25, 0.3) is 22.3 Å². The Morgan fingerprint density at radius 3 is 2.43 bits per heavy atom. The lowest BCUT2D eigenvalue weighted by Gasteiger charge is -2.36. The molecule has 1 saturated heterocycles. The number of piperazine rings is 1. The van der Waals surface area contributed by atoms with Crippen LogP contribution < -0.4 is 16.0 Å². The molecule has 3 heterocycles. The molecule has 0 bridgehead atoms. The van der Waals surface area contributed by atoms with E-state index in [1.165, 1.54) is 19.4 Å². The van der Waals surface area contributed by atoms with Crippen molar-refractivity contribution in [1.82, 2.24) is 15.2 Å². The summed E-state index contributed by atoms with van der Waals surface area (Å²) in [6.07, 6.45) is 3.54. The number of carbonyl (C=O) groups is 1. The third kappa shape index (κ3) is 4.48. The molecule has 3 aromatic rings. The summed E-state index contributed by atoms with van der Waals surface area (Å²) in [4.78, 5) is 21.1. The molecule has 3 N–H and O–H groups in total. The van der Waals surface area contributed by atoms with Gasteiger partial charge >= 0.3 is 0 Å². The largest absolute Gasteiger partial charge is 0.383 e. The van der Waals surface area contributed by atoms with Crippen molar-refractivity contribution in [3.8, 4) is 22.3 Å². The number of hydrogen-bond acceptors (Lipinski definition) is 5. The summed E-state index contributed by atoms with van der Waals surface area (Å²) in [6.45, 7) is 6.09. The van der Waals surface area contributed by atoms with Crippen LogP contribution in [0.2, 0.25) is 0 Å². The van der Waals surface area contributed by atoms with Crippen LogP contribution in [0.4, 0.5) is 15.9 Å². The van der Waals surface area contributed by atoms with Crippen LogP contribution in [-0.2, 0) is 6.42 Å². The number of amides is 1. The molecule has 6 rings (SSSR count). The summed E-state index contributed by atoms with van der Waals surface area (Å²) in [7, 11) is 0. The maximum atomic E-state index is 14.9. The molecule has 1 amide bonds. The first-order chi connectivity index (χ1) is 17.0. The number of carbonyl (C=O) groups excluding carboxylic acids is 1. The van der Waals surface area contributed by atoms with E-state index < -0.39 is 5.95 Å². The Hall–Kier alpha value is -3.45. The zero-order valence-corrected chi connectivity index (χ0v) is 19.8. The van der Waals surface area contributed by atoms with Gasteiger partial charge < -0.3 is 16.0 Å². The predicted molar refractivity (Wildman–Crippen MR) is 137 cm³/mol. The highest BCUT2D eigenvalue weighted by Gasteiger charge is 2.26. The van der Waals surface area contributed by atoms with E-state index in [0.29, 0.717) is 23.2 Å². The maximum Gasteiger partial charge on any atom is 0.251 e. The number of aromatic nitrogens is 1. The number of nitrogens with zero attached hydrogens (tertiary/aromatic N) is 3. The van der Waals surface area contributed by atoms with E-state index in [4.69, 9.17) is 5.73 Å². The number of rotatable bonds is 5. The highest BCUT2D eigenvalue weighted by molar-refractivity contribution is 5.97. The highest BCUT2D eigenvalue weighted by atomic mass is 19.1. The lowest BCUT2D eigenvalue weighted by molar-refractivity contribution is 0.0946. The van der Waals surface area contributed by atoms with Crippen molar-refractivity contribution in [3.63, 3.8) is 0 Å². The molecule has 0 atom stereocenters. The Labute approximate surface area is 204 Å². The third-order valence-corrected chi connectivity index (χ3v) is 7.48. The van der Waals surface area contributed by atoms with Crippen molar-refractivity contribution in [3.05, 3.63) is 65.6 Å². The molecule has 1 aromatic heterocycles. The quantitative estimate of drug-likeness (QED) is 0.551. The second kappa shape index (κ2) is 8.96. The molecule has 0 unspecified atom stereocenters. The van der Waals surface area contributed by atoms with Gasteiger partial charge in [-0.2, -0.15) is 4.39 Å². The van der Waals surface area contributed by atoms with Gasteiger partial charge in [0.05, 0.1) is 0 Å². The van der Waals surface area contributed by atoms with Gasteiger partial charge in [-0.05, 0) is 66.1 Å². The zero-order chi connectivity index (χ0) is 23.9. The van der Waals surface area contributed by atoms with E-state index in [-0.39, 0.29) is 11.7 Å². The first-order valence-corrected chi connectivity index (χ1v) is 12.5. The van der Waals surface area contributed by atoms with Crippen molar-refractivity contribution >= 4 is 17.4 Å². The number of nitrogens with one attached hydrogen (secondary N) is 1. The van der Waals surface area contributed by atoms with Gasteiger partial charge in [-0.15, -0.1) is 0 Å². The van der Waals surface area contributed by atoms with Gasteiger partial charge in [0, 0.05) is 61.6 Å². The minimum atomic E-state index is -0.579. The zero-order valence-electron chi connectivity index (χ0n) is 19.8. The van der Waals surface area contributed by atoms with Crippen LogP contribution in [0.3, 0.4) is 0 Å². The van der Waals surface area contributed by atoms with Crippen LogP contribution in [0.15, 0.2) is 48.5 Å². The Kier molecular flexibility index (Phi) is 5.65. The molecule has 0 radical (unpaired) electrons. The fraction of sp³-hybridized carbons (Fsp3) is 0.357. The summed E-state index contributed by atoms with van der Waals surface area (Å²) in [5, 5.41) is 2.86. The van der Waals surface area contributed by atoms with Gasteiger partial charge in [-0.1, -0.05) is 24.3 Å². The lowest BCUT2D eigenvalue weighted by Crippen LogP contribution is -2.47. The topological polar surface area (TPSA) is 74.5 Å². The van der Waals surface area contributed by atoms with Crippen molar-refractivity contribution in [2.75, 3.05) is 49.9 Å². The molecule has 2 aromatic carbocycles. The minimum absolute atomic E-state index is 0.0619. The van der Waals surface area contributed by atoms with Gasteiger partial charge in [0.15, 0.2) is 0 Å². The molecule has 35 heavy (non-hydrogen) atoms. The molecule has 0 spiro atoms. The number of hydrogen-bond donors (Lipinski definition) is 2. The molecule has 6 nitrogen and oxygen atoms in total. The van der Waals surface area contributed by atoms with Crippen LogP contribution in [0, 0.1) is 11.9 Å². The average molecular weight is 472 g/mol. The second-order valence-electron chi connectivity index (χ2n) is 9.92. The number of halogens is 1. The molecule has 180 valence electrons. The summed E-state index contributed by atoms with van der Waals surface area (Å²) < 4.78 is 14.9. The summed E-state index contributed by atoms with van der Waals surface area (Å²) >= 11 is 0. The number of nitrogens with two attached hydrogens (primary N) is 1. The number of pyridine rings is 1. The predicted octanol–water partition coefficient (Wildman–Crippen LogP) is 3.95. The Morgan fingerprint density at radius 2 is 1.69 bits per heavy atom. The van der Waals surface area contributed by atoms with Crippen LogP contribution in [0.5, 0.6) is 0 Å². The molecule has 1 aliphatic carbocycles. The molecule has 1 saturated carbocycles. The lowest BCUT2D eigenvalue weighted by atomic mass is 9.94. The smallest absolute Gasteiger partial charge is 0.251 e. The summed E-state index contributed by atoms with van der Waals surface area (Å²) in [5.74, 6) is 0.431. The van der Waals surface area contributed by atoms with E-state index in [1.807, 2.05) is 24.3 Å². The first kappa shape index (κ1) is 22.0. The standard InChI is InChI=1S/C28H30FN5O/c29-26-24(16-25(27(30)32-26)20-5-8-23-21(15-20)9-10-31-28(23)35)19-3-6-22(7-4-19)34-13-11-33(12-14-34)17-18-1-2-18/h3-8,15-16,18H,1-2,9-14,17H2,(H2,30,32)(H,31,35). The normalized spacial score (nSPS) is 18.3. The molecule has 2 aliphatic heterocycles. The van der Waals surface area contributed by atoms with E-state index >= 15 is 0 Å². The minimum Gasteiger partial charge on any atom is -0.383 e. The van der Waals surface area contributed by atoms with Gasteiger partial charge in [0.2, 0.25) is 5.95 Å². The monoisotopic (exact) mass is 471 g/mol. The van der Waals surface area contributed by atoms with Gasteiger partial charge in [-0.25, -0.2) is 4.98 Å². The average Bonchev–Trinajstić information content (AvgIpc) is 3.69. The van der Waals surface area contributed by atoms with Crippen LogP contribution in [-0.4, -0.2) is 55.1 Å².